The number of aromatic nitrogens is 2. The third-order valence-electron chi connectivity index (χ3n) is 3.94. The van der Waals surface area contributed by atoms with Crippen LogP contribution in [0.1, 0.15) is 25.8 Å². The van der Waals surface area contributed by atoms with Gasteiger partial charge in [-0.05, 0) is 24.1 Å². The second-order valence-electron chi connectivity index (χ2n) is 6.34. The minimum Gasteiger partial charge on any atom is -0.356 e. The van der Waals surface area contributed by atoms with Crippen LogP contribution in [0.3, 0.4) is 0 Å². The zero-order valence-electron chi connectivity index (χ0n) is 15.0. The molecule has 25 heavy (non-hydrogen) atoms. The van der Waals surface area contributed by atoms with Crippen molar-refractivity contribution < 1.29 is 0 Å². The first-order valence-corrected chi connectivity index (χ1v) is 8.58. The van der Waals surface area contributed by atoms with Gasteiger partial charge in [0, 0.05) is 49.5 Å². The number of aryl methyl sites for hydroxylation is 1. The quantitative estimate of drug-likeness (QED) is 0.278. The van der Waals surface area contributed by atoms with Gasteiger partial charge in [0.1, 0.15) is 0 Å². The average molecular weight is 476 g/mol. The summed E-state index contributed by atoms with van der Waals surface area (Å²) >= 11 is 6.33. The minimum atomic E-state index is -0.0922. The lowest BCUT2D eigenvalue weighted by Crippen LogP contribution is -2.43. The van der Waals surface area contributed by atoms with Crippen LogP contribution in [0, 0.1) is 0 Å². The van der Waals surface area contributed by atoms with Gasteiger partial charge in [-0.2, -0.15) is 5.10 Å². The van der Waals surface area contributed by atoms with Crippen LogP contribution in [0.2, 0.25) is 5.02 Å². The van der Waals surface area contributed by atoms with Crippen molar-refractivity contribution in [1.29, 1.82) is 0 Å². The predicted octanol–water partition coefficient (Wildman–Crippen LogP) is 3.69. The molecule has 7 heteroatoms. The number of hydrogen-bond acceptors (Lipinski definition) is 2. The summed E-state index contributed by atoms with van der Waals surface area (Å²) < 4.78 is 1.93. The van der Waals surface area contributed by atoms with Gasteiger partial charge in [0.2, 0.25) is 0 Å². The molecule has 0 unspecified atom stereocenters. The summed E-state index contributed by atoms with van der Waals surface area (Å²) in [5, 5.41) is 11.7. The molecule has 0 atom stereocenters. The van der Waals surface area contributed by atoms with Gasteiger partial charge in [-0.1, -0.05) is 43.6 Å². The highest BCUT2D eigenvalue weighted by molar-refractivity contribution is 14.0. The first kappa shape index (κ1) is 21.8. The largest absolute Gasteiger partial charge is 0.356 e. The van der Waals surface area contributed by atoms with Crippen molar-refractivity contribution in [3.8, 4) is 0 Å². The first-order valence-electron chi connectivity index (χ1n) is 8.20. The molecule has 0 aliphatic rings. The monoisotopic (exact) mass is 475 g/mol. The molecule has 2 rings (SSSR count). The molecule has 0 aliphatic heterocycles. The fourth-order valence-electron chi connectivity index (χ4n) is 2.51. The van der Waals surface area contributed by atoms with Crippen molar-refractivity contribution in [3.05, 3.63) is 53.3 Å². The van der Waals surface area contributed by atoms with Crippen molar-refractivity contribution in [1.82, 2.24) is 20.4 Å². The molecule has 0 amide bonds. The highest BCUT2D eigenvalue weighted by Gasteiger charge is 2.23. The van der Waals surface area contributed by atoms with E-state index in [0.717, 1.165) is 42.6 Å². The minimum absolute atomic E-state index is 0. The van der Waals surface area contributed by atoms with E-state index in [1.807, 2.05) is 35.1 Å². The van der Waals surface area contributed by atoms with Crippen LogP contribution in [0.25, 0.3) is 0 Å². The van der Waals surface area contributed by atoms with E-state index in [1.54, 1.807) is 13.2 Å². The summed E-state index contributed by atoms with van der Waals surface area (Å²) in [6.45, 7) is 6.82. The third kappa shape index (κ3) is 6.86. The summed E-state index contributed by atoms with van der Waals surface area (Å²) in [5.41, 5.74) is 1.04. The first-order chi connectivity index (χ1) is 11.5. The van der Waals surface area contributed by atoms with E-state index in [-0.39, 0.29) is 29.4 Å². The second-order valence-corrected chi connectivity index (χ2v) is 6.75. The lowest BCUT2D eigenvalue weighted by molar-refractivity contribution is 0.506. The van der Waals surface area contributed by atoms with E-state index in [0.29, 0.717) is 0 Å². The number of benzene rings is 1. The Labute approximate surface area is 172 Å². The lowest BCUT2D eigenvalue weighted by atomic mass is 9.84. The molecular weight excluding hydrogens is 449 g/mol. The molecule has 5 nitrogen and oxygen atoms in total. The van der Waals surface area contributed by atoms with Crippen molar-refractivity contribution in [2.75, 3.05) is 20.1 Å². The molecule has 2 aromatic rings. The van der Waals surface area contributed by atoms with E-state index in [4.69, 9.17) is 11.6 Å². The van der Waals surface area contributed by atoms with Crippen molar-refractivity contribution in [2.45, 2.75) is 32.2 Å². The lowest BCUT2D eigenvalue weighted by Gasteiger charge is -2.27. The summed E-state index contributed by atoms with van der Waals surface area (Å²) in [6.07, 6.45) is 4.75. The molecule has 1 aromatic heterocycles. The van der Waals surface area contributed by atoms with Crippen LogP contribution in [0.5, 0.6) is 0 Å². The Bertz CT molecular complexity index is 655. The number of halogens is 2. The highest BCUT2D eigenvalue weighted by Crippen LogP contribution is 2.28. The fraction of sp³-hybridized carbons (Fsp3) is 0.444. The summed E-state index contributed by atoms with van der Waals surface area (Å²) in [5.74, 6) is 0.801. The van der Waals surface area contributed by atoms with E-state index in [9.17, 15) is 0 Å². The Hall–Kier alpha value is -1.28. The fourth-order valence-corrected chi connectivity index (χ4v) is 2.90. The second kappa shape index (κ2) is 10.7. The summed E-state index contributed by atoms with van der Waals surface area (Å²) in [4.78, 5) is 4.28. The SMILES string of the molecule is CN=C(NCCCn1cccn1)NCC(C)(C)c1ccccc1Cl.I. The van der Waals surface area contributed by atoms with Crippen molar-refractivity contribution in [2.24, 2.45) is 4.99 Å². The Morgan fingerprint density at radius 2 is 2.00 bits per heavy atom. The maximum atomic E-state index is 6.33. The smallest absolute Gasteiger partial charge is 0.191 e. The Morgan fingerprint density at radius 3 is 2.64 bits per heavy atom. The van der Waals surface area contributed by atoms with Crippen molar-refractivity contribution >= 4 is 41.5 Å². The normalized spacial score (nSPS) is 11.8. The van der Waals surface area contributed by atoms with E-state index < -0.39 is 0 Å². The van der Waals surface area contributed by atoms with Gasteiger partial charge in [0.25, 0.3) is 0 Å². The van der Waals surface area contributed by atoms with Gasteiger partial charge in [0.15, 0.2) is 5.96 Å². The van der Waals surface area contributed by atoms with E-state index in [2.05, 4.69) is 40.6 Å². The number of guanidine groups is 1. The molecule has 1 heterocycles. The van der Waals surface area contributed by atoms with Gasteiger partial charge in [0.05, 0.1) is 0 Å². The number of nitrogens with one attached hydrogen (secondary N) is 2. The Kier molecular flexibility index (Phi) is 9.27. The van der Waals surface area contributed by atoms with E-state index >= 15 is 0 Å². The number of hydrogen-bond donors (Lipinski definition) is 2. The van der Waals surface area contributed by atoms with Gasteiger partial charge in [-0.25, -0.2) is 0 Å². The number of aliphatic imine (C=N–C) groups is 1. The molecule has 0 saturated carbocycles. The maximum absolute atomic E-state index is 6.33. The molecule has 0 radical (unpaired) electrons. The Balaban J connectivity index is 0.00000312. The highest BCUT2D eigenvalue weighted by atomic mass is 127. The van der Waals surface area contributed by atoms with Crippen LogP contribution < -0.4 is 10.6 Å². The zero-order valence-corrected chi connectivity index (χ0v) is 18.1. The predicted molar refractivity (Wildman–Crippen MR) is 116 cm³/mol. The Morgan fingerprint density at radius 1 is 1.24 bits per heavy atom. The molecule has 0 spiro atoms. The topological polar surface area (TPSA) is 54.2 Å². The summed E-state index contributed by atoms with van der Waals surface area (Å²) in [7, 11) is 1.78. The molecule has 138 valence electrons. The molecule has 2 N–H and O–H groups in total. The number of nitrogens with zero attached hydrogens (tertiary/aromatic N) is 3. The zero-order chi connectivity index (χ0) is 17.4. The van der Waals surface area contributed by atoms with Gasteiger partial charge >= 0.3 is 0 Å². The van der Waals surface area contributed by atoms with Crippen LogP contribution in [-0.4, -0.2) is 35.9 Å². The molecule has 0 fully saturated rings. The number of rotatable bonds is 7. The van der Waals surface area contributed by atoms with Crippen LogP contribution >= 0.6 is 35.6 Å². The molecule has 1 aromatic carbocycles. The van der Waals surface area contributed by atoms with Gasteiger partial charge in [-0.15, -0.1) is 24.0 Å². The van der Waals surface area contributed by atoms with E-state index in [1.165, 1.54) is 0 Å². The van der Waals surface area contributed by atoms with Crippen LogP contribution in [-0.2, 0) is 12.0 Å². The summed E-state index contributed by atoms with van der Waals surface area (Å²) in [6, 6.07) is 9.91. The molecular formula is C18H27ClIN5. The molecule has 0 bridgehead atoms. The molecule has 0 saturated heterocycles. The molecule has 0 aliphatic carbocycles. The standard InChI is InChI=1S/C18H26ClN5.HI/c1-18(2,15-8-4-5-9-16(15)19)14-22-17(20-3)21-10-6-12-24-13-7-11-23-24;/h4-5,7-9,11,13H,6,10,12,14H2,1-3H3,(H2,20,21,22);1H. The van der Waals surface area contributed by atoms with Crippen molar-refractivity contribution in [3.63, 3.8) is 0 Å². The third-order valence-corrected chi connectivity index (χ3v) is 4.27. The van der Waals surface area contributed by atoms with Gasteiger partial charge < -0.3 is 10.6 Å². The van der Waals surface area contributed by atoms with Crippen LogP contribution in [0.15, 0.2) is 47.7 Å². The maximum Gasteiger partial charge on any atom is 0.191 e. The van der Waals surface area contributed by atoms with Gasteiger partial charge in [-0.3, -0.25) is 9.67 Å². The van der Waals surface area contributed by atoms with Crippen LogP contribution in [0.4, 0.5) is 0 Å². The average Bonchev–Trinajstić information content (AvgIpc) is 3.08.